The number of phenols is 4. The smallest absolute Gasteiger partial charge is 0.252 e. The van der Waals surface area contributed by atoms with Gasteiger partial charge in [-0.25, -0.2) is 0 Å². The summed E-state index contributed by atoms with van der Waals surface area (Å²) in [6.45, 7) is 17.6. The monoisotopic (exact) mass is 1690 g/mol. The van der Waals surface area contributed by atoms with Crippen molar-refractivity contribution >= 4 is 133 Å². The Labute approximate surface area is 715 Å². The molecule has 24 rings (SSSR count). The van der Waals surface area contributed by atoms with Crippen molar-refractivity contribution in [3.8, 4) is 45.6 Å². The molecule has 6 aromatic heterocycles. The predicted molar refractivity (Wildman–Crippen MR) is 480 cm³/mol. The van der Waals surface area contributed by atoms with Gasteiger partial charge in [-0.1, -0.05) is 148 Å². The van der Waals surface area contributed by atoms with Gasteiger partial charge in [0.1, 0.15) is 74.5 Å². The number of halogens is 1. The number of benzene rings is 10. The Morgan fingerprint density at radius 2 is 0.895 bits per heavy atom. The van der Waals surface area contributed by atoms with Crippen LogP contribution >= 0.6 is 11.6 Å². The minimum absolute atomic E-state index is 0.00614. The first-order valence-corrected chi connectivity index (χ1v) is 42.9. The molecule has 0 spiro atoms. The molecule has 124 heavy (non-hydrogen) atoms. The second kappa shape index (κ2) is 29.3. The van der Waals surface area contributed by atoms with Crippen LogP contribution < -0.4 is 21.5 Å². The van der Waals surface area contributed by atoms with Gasteiger partial charge in [-0.3, -0.25) is 19.2 Å². The van der Waals surface area contributed by atoms with Crippen molar-refractivity contribution in [2.75, 3.05) is 46.9 Å². The third-order valence-corrected chi connectivity index (χ3v) is 28.4. The second-order valence-corrected chi connectivity index (χ2v) is 35.2. The number of phenolic OH excluding ortho intramolecular Hbond substituents is 4. The van der Waals surface area contributed by atoms with E-state index >= 15 is 0 Å². The van der Waals surface area contributed by atoms with E-state index in [1.165, 1.54) is 12.1 Å². The zero-order chi connectivity index (χ0) is 86.5. The van der Waals surface area contributed by atoms with Crippen molar-refractivity contribution in [2.24, 2.45) is 5.41 Å². The highest BCUT2D eigenvalue weighted by Crippen LogP contribution is 2.62. The van der Waals surface area contributed by atoms with Crippen LogP contribution in [0.5, 0.6) is 23.0 Å². The molecule has 2 amide bonds. The molecule has 8 aliphatic rings. The maximum Gasteiger partial charge on any atom is 0.252 e. The number of ether oxygens (including phenoxy) is 2. The minimum Gasteiger partial charge on any atom is -0.507 e. The Hall–Kier alpha value is -12.1. The molecule has 634 valence electrons. The molecule has 4 bridgehead atoms. The zero-order valence-electron chi connectivity index (χ0n) is 70.0. The van der Waals surface area contributed by atoms with E-state index in [4.69, 9.17) is 29.9 Å². The van der Waals surface area contributed by atoms with Crippen molar-refractivity contribution in [1.29, 1.82) is 0 Å². The van der Waals surface area contributed by atoms with E-state index in [9.17, 15) is 60.0 Å². The number of hydrogen-bond donors (Lipinski definition) is 10. The SMILES string of the molecule is CC.CC[C@@]1(O)C[C@H]2O[C@]1(C)n1c3ccccc3c3c4c(c5c6ccccc6n2c5c31)C(=O)NC4.CN1CC[C@H](c2c(O)cc(O)c3c(=O)cc(-c4ccccc4Cl)oc23)[C@H](O)C1.C[C@]1(CO)C[C@H]2O[C@]1(C)n1c3ccccc3c3c4c(c5c6ccccc6n2c5c31)C(=O)NC4.Cc1ccccc1-c1cc(=O)c2c(O)cc(O)c([C@H]3CCN(C)C[C@H]3O)c2o1. The molecule has 14 heterocycles. The lowest BCUT2D eigenvalue weighted by atomic mass is 9.78. The number of piperidine rings is 2. The molecule has 8 aliphatic heterocycles. The number of nitrogens with one attached hydrogen (secondary N) is 2. The number of aliphatic hydroxyl groups excluding tert-OH is 3. The number of carbonyl (C=O) groups excluding carboxylic acids is 2. The summed E-state index contributed by atoms with van der Waals surface area (Å²) in [6.07, 6.45) is 0.905. The average Bonchev–Trinajstić information content (AvgIpc) is 1.50. The lowest BCUT2D eigenvalue weighted by Crippen LogP contribution is -2.50. The summed E-state index contributed by atoms with van der Waals surface area (Å²) >= 11 is 6.25. The molecule has 16 aromatic rings. The highest BCUT2D eigenvalue weighted by Gasteiger charge is 2.61. The predicted octanol–water partition coefficient (Wildman–Crippen LogP) is 16.9. The van der Waals surface area contributed by atoms with Crippen LogP contribution in [-0.2, 0) is 34.0 Å². The third-order valence-electron chi connectivity index (χ3n) is 28.1. The summed E-state index contributed by atoms with van der Waals surface area (Å²) < 4.78 is 35.0. The summed E-state index contributed by atoms with van der Waals surface area (Å²) in [6, 6.07) is 52.6. The molecule has 0 unspecified atom stereocenters. The van der Waals surface area contributed by atoms with Crippen molar-refractivity contribution in [3.05, 3.63) is 234 Å². The van der Waals surface area contributed by atoms with Crippen molar-refractivity contribution in [3.63, 3.8) is 0 Å². The highest BCUT2D eigenvalue weighted by atomic mass is 35.5. The number of fused-ring (bicyclic) bond motifs is 28. The van der Waals surface area contributed by atoms with E-state index < -0.39 is 51.9 Å². The zero-order valence-corrected chi connectivity index (χ0v) is 70.8. The third kappa shape index (κ3) is 11.4. The van der Waals surface area contributed by atoms with Gasteiger partial charge in [0.2, 0.25) is 0 Å². The Morgan fingerprint density at radius 1 is 0.492 bits per heavy atom. The first-order chi connectivity index (χ1) is 59.7. The molecule has 0 aliphatic carbocycles. The molecule has 10 aromatic carbocycles. The average molecular weight is 1690 g/mol. The molecule has 10 atom stereocenters. The first kappa shape index (κ1) is 80.3. The number of aryl methyl sites for hydroxylation is 1. The summed E-state index contributed by atoms with van der Waals surface area (Å²) in [5.74, 6) is -1.32. The topological polar surface area (TPSA) is 325 Å². The van der Waals surface area contributed by atoms with E-state index in [0.717, 1.165) is 146 Å². The van der Waals surface area contributed by atoms with E-state index in [1.54, 1.807) is 24.3 Å². The number of likely N-dealkylation sites (N-methyl/N-ethyl adjacent to an activating group) is 2. The number of aliphatic hydroxyl groups is 4. The number of para-hydroxylation sites is 4. The van der Waals surface area contributed by atoms with Crippen molar-refractivity contribution in [1.82, 2.24) is 38.7 Å². The number of amides is 2. The van der Waals surface area contributed by atoms with E-state index in [2.05, 4.69) is 103 Å². The maximum absolute atomic E-state index is 13.2. The van der Waals surface area contributed by atoms with Crippen LogP contribution in [0.15, 0.2) is 188 Å². The summed E-state index contributed by atoms with van der Waals surface area (Å²) in [5, 5.41) is 101. The number of rotatable bonds is 6. The van der Waals surface area contributed by atoms with Gasteiger partial charge in [0, 0.05) is 146 Å². The first-order valence-electron chi connectivity index (χ1n) is 42.6. The fourth-order valence-electron chi connectivity index (χ4n) is 21.9. The number of aromatic nitrogens is 4. The summed E-state index contributed by atoms with van der Waals surface area (Å²) in [5.41, 5.74) is 11.2. The molecular formula is C99H95ClN8O16. The standard InChI is InChI=1S/2C27H23N3O3.C22H23NO5.C21H20ClNO5.C2H6/c1-26(13-31)11-19-29-17-9-5-3-7-14(17)21-22-16(12-28-25(22)32)20-15-8-4-6-10-18(15)30(24(20)23(21)29)27(26,2)33-19;1-3-27(32)12-19-29-17-10-6-4-8-14(17)21-22-16(13-28-25(22)31)20-15-9-5-7-11-18(15)30(24(20)23(21)29)26(27,2)33-19;1-12-5-3-4-6-13(12)19-10-17(26)21-16(25)9-15(24)20(22(21)28-19)14-7-8-23(2)11-18(14)27;1-23-7-6-12(17(27)10-23)19-14(24)8-15(25)20-16(26)9-18(28-21(19)20)11-4-2-3-5-13(11)22;1-2/h3-10,19,31H,11-13H2,1-2H3,(H,28,32);4-11,19,32H,3,12-13H2,1-2H3,(H,28,31);3-6,9-10,14,18,24-25,27H,7-8,11H2,1-2H3;2-5,8-9,12,17,24-25,27H,6-7,10H2,1H3;1-2H3/t19-,26-,27+;19-,26+,27-;14-,18+;12-,17+;/m1100./s1. The number of β-amino-alcohol motifs (C(OH)–C–C–N with tert-alkyl or cyclic N) is 2. The lowest BCUT2D eigenvalue weighted by molar-refractivity contribution is -0.178. The van der Waals surface area contributed by atoms with Crippen molar-refractivity contribution < 1.29 is 68.7 Å². The van der Waals surface area contributed by atoms with Crippen LogP contribution in [-0.4, -0.2) is 145 Å². The Kier molecular flexibility index (Phi) is 19.0. The molecule has 0 radical (unpaired) electrons. The van der Waals surface area contributed by atoms with Gasteiger partial charge in [0.05, 0.1) is 79.1 Å². The van der Waals surface area contributed by atoms with Crippen LogP contribution in [0.3, 0.4) is 0 Å². The van der Waals surface area contributed by atoms with Gasteiger partial charge in [-0.05, 0) is 120 Å². The van der Waals surface area contributed by atoms with Crippen molar-refractivity contribution in [2.45, 2.75) is 147 Å². The van der Waals surface area contributed by atoms with Gasteiger partial charge in [0.25, 0.3) is 11.8 Å². The Balaban J connectivity index is 0.000000104. The Morgan fingerprint density at radius 3 is 1.35 bits per heavy atom. The molecule has 4 saturated heterocycles. The molecule has 0 saturated carbocycles. The van der Waals surface area contributed by atoms with Crippen LogP contribution in [0, 0.1) is 12.3 Å². The van der Waals surface area contributed by atoms with E-state index in [-0.39, 0.29) is 87.0 Å². The molecule has 24 nitrogen and oxygen atoms in total. The normalized spacial score (nSPS) is 24.1. The quantitative estimate of drug-likeness (QED) is 0.0739. The second-order valence-electron chi connectivity index (χ2n) is 34.8. The lowest BCUT2D eigenvalue weighted by Gasteiger charge is -2.40. The van der Waals surface area contributed by atoms with Gasteiger partial charge < -0.3 is 97.9 Å². The van der Waals surface area contributed by atoms with E-state index in [1.807, 2.05) is 119 Å². The minimum atomic E-state index is -1.03. The summed E-state index contributed by atoms with van der Waals surface area (Å²) in [4.78, 5) is 56.0. The van der Waals surface area contributed by atoms with Crippen LogP contribution in [0.4, 0.5) is 0 Å². The number of aromatic hydroxyl groups is 4. The molecular weight excluding hydrogens is 1590 g/mol. The number of nitrogens with zero attached hydrogens (tertiary/aromatic N) is 6. The van der Waals surface area contributed by atoms with Gasteiger partial charge >= 0.3 is 0 Å². The van der Waals surface area contributed by atoms with Gasteiger partial charge in [0.15, 0.2) is 22.3 Å². The fourth-order valence-corrected chi connectivity index (χ4v) is 22.1. The van der Waals surface area contributed by atoms with Gasteiger partial charge in [-0.15, -0.1) is 0 Å². The van der Waals surface area contributed by atoms with Crippen LogP contribution in [0.1, 0.15) is 146 Å². The number of carbonyl (C=O) groups is 2. The van der Waals surface area contributed by atoms with Gasteiger partial charge in [-0.2, -0.15) is 0 Å². The van der Waals surface area contributed by atoms with E-state index in [0.29, 0.717) is 85.8 Å². The molecule has 25 heteroatoms. The Bertz CT molecular complexity index is 6950. The maximum atomic E-state index is 13.2. The largest absolute Gasteiger partial charge is 0.507 e. The highest BCUT2D eigenvalue weighted by molar-refractivity contribution is 6.34. The van der Waals surface area contributed by atoms with Crippen LogP contribution in [0.25, 0.3) is 132 Å². The van der Waals surface area contributed by atoms with Crippen LogP contribution in [0.2, 0.25) is 5.02 Å². The number of hydrogen-bond acceptors (Lipinski definition) is 18. The molecule has 10 N–H and O–H groups in total. The fraction of sp³-hybridized carbons (Fsp3) is 0.313. The summed E-state index contributed by atoms with van der Waals surface area (Å²) in [7, 11) is 3.83. The molecule has 4 fully saturated rings. The number of likely N-dealkylation sites (tertiary alicyclic amines) is 2.